The summed E-state index contributed by atoms with van der Waals surface area (Å²) in [6.45, 7) is 2.19. The monoisotopic (exact) mass is 220 g/mol. The largest absolute Gasteiger partial charge is 0.493 e. The highest BCUT2D eigenvalue weighted by Gasteiger charge is 2.13. The van der Waals surface area contributed by atoms with E-state index in [1.165, 1.54) is 5.69 Å². The van der Waals surface area contributed by atoms with Crippen LogP contribution in [0.15, 0.2) is 18.2 Å². The molecular formula is C13H18NO2. The van der Waals surface area contributed by atoms with Gasteiger partial charge in [0, 0.05) is 24.8 Å². The molecule has 16 heavy (non-hydrogen) atoms. The van der Waals surface area contributed by atoms with Crippen LogP contribution >= 0.6 is 0 Å². The van der Waals surface area contributed by atoms with Gasteiger partial charge in [-0.2, -0.15) is 0 Å². The fourth-order valence-electron chi connectivity index (χ4n) is 2.03. The van der Waals surface area contributed by atoms with Gasteiger partial charge in [0.05, 0.1) is 14.2 Å². The van der Waals surface area contributed by atoms with Crippen LogP contribution in [0.25, 0.3) is 0 Å². The summed E-state index contributed by atoms with van der Waals surface area (Å²) in [7, 11) is 3.33. The van der Waals surface area contributed by atoms with Gasteiger partial charge in [0.15, 0.2) is 11.5 Å². The van der Waals surface area contributed by atoms with Gasteiger partial charge in [-0.3, -0.25) is 0 Å². The summed E-state index contributed by atoms with van der Waals surface area (Å²) in [6, 6.07) is 6.10. The number of piperidine rings is 1. The molecule has 0 aliphatic carbocycles. The van der Waals surface area contributed by atoms with Crippen molar-refractivity contribution >= 4 is 5.69 Å². The molecule has 0 bridgehead atoms. The molecule has 0 amide bonds. The lowest BCUT2D eigenvalue weighted by Crippen LogP contribution is -2.29. The Labute approximate surface area is 97.0 Å². The Kier molecular flexibility index (Phi) is 3.54. The first-order valence-electron chi connectivity index (χ1n) is 5.64. The Hall–Kier alpha value is -1.38. The van der Waals surface area contributed by atoms with Crippen molar-refractivity contribution in [3.63, 3.8) is 0 Å². The van der Waals surface area contributed by atoms with E-state index in [-0.39, 0.29) is 0 Å². The molecule has 0 aromatic heterocycles. The van der Waals surface area contributed by atoms with Crippen molar-refractivity contribution < 1.29 is 9.47 Å². The minimum atomic E-state index is 0.787. The molecule has 1 heterocycles. The lowest BCUT2D eigenvalue weighted by Gasteiger charge is -2.29. The van der Waals surface area contributed by atoms with Crippen LogP contribution in [-0.2, 0) is 0 Å². The molecule has 0 saturated carbocycles. The maximum absolute atomic E-state index is 5.31. The van der Waals surface area contributed by atoms with E-state index in [1.54, 1.807) is 14.2 Å². The van der Waals surface area contributed by atoms with Gasteiger partial charge < -0.3 is 14.4 Å². The van der Waals surface area contributed by atoms with Crippen molar-refractivity contribution in [2.45, 2.75) is 12.8 Å². The topological polar surface area (TPSA) is 21.7 Å². The summed E-state index contributed by atoms with van der Waals surface area (Å²) >= 11 is 0. The van der Waals surface area contributed by atoms with E-state index in [9.17, 15) is 0 Å². The maximum Gasteiger partial charge on any atom is 0.162 e. The number of ether oxygens (including phenoxy) is 2. The summed E-state index contributed by atoms with van der Waals surface area (Å²) in [4.78, 5) is 2.38. The summed E-state index contributed by atoms with van der Waals surface area (Å²) in [5, 5.41) is 0. The average molecular weight is 220 g/mol. The first-order chi connectivity index (χ1) is 7.85. The number of methoxy groups -OCH3 is 2. The number of hydrogen-bond acceptors (Lipinski definition) is 3. The SMILES string of the molecule is COc1ccc(N2CC[CH]CC2)cc1OC. The van der Waals surface area contributed by atoms with Gasteiger partial charge in [0.1, 0.15) is 0 Å². The van der Waals surface area contributed by atoms with Gasteiger partial charge in [0.25, 0.3) is 0 Å². The first-order valence-corrected chi connectivity index (χ1v) is 5.64. The molecule has 3 heteroatoms. The zero-order valence-electron chi connectivity index (χ0n) is 9.90. The average Bonchev–Trinajstić information content (AvgIpc) is 2.39. The second kappa shape index (κ2) is 5.10. The predicted octanol–water partition coefficient (Wildman–Crippen LogP) is 2.51. The maximum atomic E-state index is 5.31. The molecule has 1 radical (unpaired) electrons. The molecule has 1 aliphatic heterocycles. The fraction of sp³-hybridized carbons (Fsp3) is 0.462. The lowest BCUT2D eigenvalue weighted by atomic mass is 10.1. The van der Waals surface area contributed by atoms with E-state index in [2.05, 4.69) is 17.4 Å². The molecule has 1 aliphatic rings. The van der Waals surface area contributed by atoms with E-state index < -0.39 is 0 Å². The zero-order valence-corrected chi connectivity index (χ0v) is 9.90. The molecular weight excluding hydrogens is 202 g/mol. The normalized spacial score (nSPS) is 16.0. The highest BCUT2D eigenvalue weighted by atomic mass is 16.5. The standard InChI is InChI=1S/C13H18NO2/c1-15-12-7-6-11(10-13(12)16-2)14-8-4-3-5-9-14/h3,6-7,10H,4-5,8-9H2,1-2H3. The van der Waals surface area contributed by atoms with Crippen molar-refractivity contribution in [2.75, 3.05) is 32.2 Å². The molecule has 1 aromatic carbocycles. The third kappa shape index (κ3) is 2.23. The van der Waals surface area contributed by atoms with E-state index in [4.69, 9.17) is 9.47 Å². The van der Waals surface area contributed by atoms with Gasteiger partial charge in [-0.1, -0.05) is 0 Å². The van der Waals surface area contributed by atoms with Gasteiger partial charge in [-0.05, 0) is 31.4 Å². The second-order valence-electron chi connectivity index (χ2n) is 3.89. The van der Waals surface area contributed by atoms with E-state index in [1.807, 2.05) is 12.1 Å². The molecule has 2 rings (SSSR count). The van der Waals surface area contributed by atoms with Crippen LogP contribution in [0.3, 0.4) is 0 Å². The Bertz CT molecular complexity index is 346. The third-order valence-electron chi connectivity index (χ3n) is 2.94. The van der Waals surface area contributed by atoms with Crippen molar-refractivity contribution in [3.8, 4) is 11.5 Å². The predicted molar refractivity (Wildman–Crippen MR) is 65.3 cm³/mol. The minimum absolute atomic E-state index is 0.787. The van der Waals surface area contributed by atoms with Gasteiger partial charge in [-0.25, -0.2) is 0 Å². The summed E-state index contributed by atoms with van der Waals surface area (Å²) in [6.07, 6.45) is 4.67. The van der Waals surface area contributed by atoms with Crippen LogP contribution in [0.4, 0.5) is 5.69 Å². The van der Waals surface area contributed by atoms with Crippen molar-refractivity contribution in [3.05, 3.63) is 24.6 Å². The van der Waals surface area contributed by atoms with Crippen LogP contribution in [0.1, 0.15) is 12.8 Å². The third-order valence-corrected chi connectivity index (χ3v) is 2.94. The summed E-state index contributed by atoms with van der Waals surface area (Å²) in [5.41, 5.74) is 1.21. The molecule has 87 valence electrons. The Balaban J connectivity index is 2.20. The number of rotatable bonds is 3. The highest BCUT2D eigenvalue weighted by molar-refractivity contribution is 5.56. The Morgan fingerprint density at radius 2 is 1.69 bits per heavy atom. The Morgan fingerprint density at radius 1 is 1.00 bits per heavy atom. The van der Waals surface area contributed by atoms with E-state index in [0.717, 1.165) is 37.4 Å². The fourth-order valence-corrected chi connectivity index (χ4v) is 2.03. The van der Waals surface area contributed by atoms with Gasteiger partial charge in [0.2, 0.25) is 0 Å². The molecule has 1 fully saturated rings. The van der Waals surface area contributed by atoms with Crippen molar-refractivity contribution in [1.82, 2.24) is 0 Å². The van der Waals surface area contributed by atoms with Crippen LogP contribution in [0.5, 0.6) is 11.5 Å². The van der Waals surface area contributed by atoms with Crippen molar-refractivity contribution in [2.24, 2.45) is 0 Å². The number of anilines is 1. The van der Waals surface area contributed by atoms with Crippen LogP contribution in [0.2, 0.25) is 0 Å². The highest BCUT2D eigenvalue weighted by Crippen LogP contribution is 2.32. The van der Waals surface area contributed by atoms with Crippen molar-refractivity contribution in [1.29, 1.82) is 0 Å². The van der Waals surface area contributed by atoms with E-state index in [0.29, 0.717) is 0 Å². The van der Waals surface area contributed by atoms with Gasteiger partial charge in [-0.15, -0.1) is 0 Å². The quantitative estimate of drug-likeness (QED) is 0.781. The van der Waals surface area contributed by atoms with Crippen LogP contribution in [-0.4, -0.2) is 27.3 Å². The second-order valence-corrected chi connectivity index (χ2v) is 3.89. The Morgan fingerprint density at radius 3 is 2.31 bits per heavy atom. The number of hydrogen-bond donors (Lipinski definition) is 0. The zero-order chi connectivity index (χ0) is 11.4. The van der Waals surface area contributed by atoms with Crippen LogP contribution < -0.4 is 14.4 Å². The van der Waals surface area contributed by atoms with E-state index >= 15 is 0 Å². The number of nitrogens with zero attached hydrogens (tertiary/aromatic N) is 1. The number of benzene rings is 1. The molecule has 0 atom stereocenters. The first kappa shape index (κ1) is 11.1. The summed E-state index contributed by atoms with van der Waals surface area (Å²) < 4.78 is 10.5. The molecule has 1 aromatic rings. The van der Waals surface area contributed by atoms with Crippen LogP contribution in [0, 0.1) is 6.42 Å². The molecule has 1 saturated heterocycles. The molecule has 0 spiro atoms. The molecule has 0 unspecified atom stereocenters. The smallest absolute Gasteiger partial charge is 0.162 e. The minimum Gasteiger partial charge on any atom is -0.493 e. The molecule has 3 nitrogen and oxygen atoms in total. The van der Waals surface area contributed by atoms with Gasteiger partial charge >= 0.3 is 0 Å². The lowest BCUT2D eigenvalue weighted by molar-refractivity contribution is 0.355. The summed E-state index contributed by atoms with van der Waals surface area (Å²) in [5.74, 6) is 1.59. The molecule has 0 N–H and O–H groups in total.